The molecule has 0 radical (unpaired) electrons. The summed E-state index contributed by atoms with van der Waals surface area (Å²) < 4.78 is 10.6. The smallest absolute Gasteiger partial charge is 0.262 e. The van der Waals surface area contributed by atoms with E-state index in [9.17, 15) is 14.4 Å². The van der Waals surface area contributed by atoms with E-state index in [2.05, 4.69) is 20.6 Å². The average Bonchev–Trinajstić information content (AvgIpc) is 3.39. The first-order valence-electron chi connectivity index (χ1n) is 9.24. The summed E-state index contributed by atoms with van der Waals surface area (Å²) in [5.41, 5.74) is 1.61. The molecule has 0 saturated heterocycles. The normalized spacial score (nSPS) is 16.5. The van der Waals surface area contributed by atoms with Gasteiger partial charge in [-0.2, -0.15) is 0 Å². The van der Waals surface area contributed by atoms with Gasteiger partial charge in [-0.05, 0) is 30.2 Å². The third-order valence-electron chi connectivity index (χ3n) is 4.46. The Morgan fingerprint density at radius 1 is 1.23 bits per heavy atom. The predicted octanol–water partition coefficient (Wildman–Crippen LogP) is 1.84. The Hall–Kier alpha value is -3.53. The molecule has 3 heterocycles. The number of aromatic nitrogens is 1. The van der Waals surface area contributed by atoms with Gasteiger partial charge >= 0.3 is 0 Å². The average molecular weight is 426 g/mol. The number of carbonyl (C=O) groups excluding carboxylic acids is 3. The van der Waals surface area contributed by atoms with Crippen molar-refractivity contribution in [3.05, 3.63) is 47.0 Å². The minimum absolute atomic E-state index is 0.109. The van der Waals surface area contributed by atoms with Crippen molar-refractivity contribution in [2.45, 2.75) is 19.4 Å². The van der Waals surface area contributed by atoms with Crippen LogP contribution in [0.3, 0.4) is 0 Å². The molecular weight excluding hydrogens is 408 g/mol. The minimum atomic E-state index is -0.940. The second-order valence-electron chi connectivity index (χ2n) is 6.58. The van der Waals surface area contributed by atoms with Gasteiger partial charge in [0.2, 0.25) is 18.6 Å². The summed E-state index contributed by atoms with van der Waals surface area (Å²) in [6.07, 6.45) is 5.10. The summed E-state index contributed by atoms with van der Waals surface area (Å²) in [4.78, 5) is 43.8. The number of thiazole rings is 1. The lowest BCUT2D eigenvalue weighted by atomic mass is 10.1. The van der Waals surface area contributed by atoms with E-state index >= 15 is 0 Å². The summed E-state index contributed by atoms with van der Waals surface area (Å²) in [7, 11) is 0. The third kappa shape index (κ3) is 4.71. The lowest BCUT2D eigenvalue weighted by molar-refractivity contribution is -0.128. The van der Waals surface area contributed by atoms with Crippen molar-refractivity contribution in [3.63, 3.8) is 0 Å². The molecule has 2 aromatic rings. The maximum Gasteiger partial charge on any atom is 0.262 e. The number of rotatable bonds is 7. The fourth-order valence-corrected chi connectivity index (χ4v) is 3.63. The van der Waals surface area contributed by atoms with E-state index in [-0.39, 0.29) is 19.1 Å². The summed E-state index contributed by atoms with van der Waals surface area (Å²) in [6, 6.07) is 5.54. The number of nitrogens with one attached hydrogen (secondary N) is 2. The SMILES string of the molecule is O=C(CCc1csc(NC(=O)C2C=CC=NC2=O)n1)NCc1ccc2c(c1)OCO2. The van der Waals surface area contributed by atoms with Gasteiger partial charge in [-0.25, -0.2) is 9.98 Å². The Morgan fingerprint density at radius 3 is 2.97 bits per heavy atom. The molecule has 0 bridgehead atoms. The molecule has 9 nitrogen and oxygen atoms in total. The first-order chi connectivity index (χ1) is 14.6. The number of aliphatic imine (C=N–C) groups is 1. The van der Waals surface area contributed by atoms with Gasteiger partial charge in [0.25, 0.3) is 5.91 Å². The summed E-state index contributed by atoms with van der Waals surface area (Å²) in [5.74, 6) is -0.656. The van der Waals surface area contributed by atoms with Crippen LogP contribution < -0.4 is 20.1 Å². The molecule has 1 aromatic carbocycles. The Kier molecular flexibility index (Phi) is 5.84. The number of carbonyl (C=O) groups is 3. The van der Waals surface area contributed by atoms with Crippen LogP contribution in [0.1, 0.15) is 17.7 Å². The van der Waals surface area contributed by atoms with Crippen molar-refractivity contribution < 1.29 is 23.9 Å². The van der Waals surface area contributed by atoms with Crippen LogP contribution in [0.5, 0.6) is 11.5 Å². The van der Waals surface area contributed by atoms with Crippen molar-refractivity contribution in [1.82, 2.24) is 10.3 Å². The zero-order chi connectivity index (χ0) is 20.9. The highest BCUT2D eigenvalue weighted by atomic mass is 32.1. The molecule has 0 aliphatic carbocycles. The van der Waals surface area contributed by atoms with Gasteiger partial charge in [0.05, 0.1) is 5.69 Å². The third-order valence-corrected chi connectivity index (χ3v) is 5.26. The van der Waals surface area contributed by atoms with Crippen LogP contribution in [0.2, 0.25) is 0 Å². The maximum atomic E-state index is 12.2. The number of dihydropyridines is 1. The molecule has 1 aromatic heterocycles. The predicted molar refractivity (Wildman–Crippen MR) is 110 cm³/mol. The molecule has 2 N–H and O–H groups in total. The van der Waals surface area contributed by atoms with Crippen molar-refractivity contribution >= 4 is 40.4 Å². The number of ether oxygens (including phenoxy) is 2. The summed E-state index contributed by atoms with van der Waals surface area (Å²) >= 11 is 1.24. The van der Waals surface area contributed by atoms with E-state index in [0.717, 1.165) is 5.56 Å². The van der Waals surface area contributed by atoms with E-state index < -0.39 is 17.7 Å². The first-order valence-corrected chi connectivity index (χ1v) is 10.1. The van der Waals surface area contributed by atoms with Crippen LogP contribution in [0.15, 0.2) is 40.7 Å². The topological polar surface area (TPSA) is 119 Å². The fourth-order valence-electron chi connectivity index (χ4n) is 2.88. The van der Waals surface area contributed by atoms with Gasteiger partial charge in [0.15, 0.2) is 16.6 Å². The van der Waals surface area contributed by atoms with Crippen LogP contribution in [0.4, 0.5) is 5.13 Å². The minimum Gasteiger partial charge on any atom is -0.454 e. The van der Waals surface area contributed by atoms with Crippen molar-refractivity contribution in [1.29, 1.82) is 0 Å². The number of aryl methyl sites for hydroxylation is 1. The van der Waals surface area contributed by atoms with Gasteiger partial charge in [0.1, 0.15) is 5.92 Å². The van der Waals surface area contributed by atoms with E-state index in [1.54, 1.807) is 11.5 Å². The molecule has 3 amide bonds. The molecule has 2 aliphatic rings. The lowest BCUT2D eigenvalue weighted by Crippen LogP contribution is -2.28. The summed E-state index contributed by atoms with van der Waals surface area (Å²) in [6.45, 7) is 0.599. The van der Waals surface area contributed by atoms with Crippen LogP contribution in [0.25, 0.3) is 0 Å². The van der Waals surface area contributed by atoms with Gasteiger partial charge in [-0.3, -0.25) is 14.4 Å². The number of amides is 3. The Morgan fingerprint density at radius 2 is 2.10 bits per heavy atom. The molecule has 0 spiro atoms. The molecule has 2 aliphatic heterocycles. The quantitative estimate of drug-likeness (QED) is 0.652. The molecule has 0 fully saturated rings. The Bertz CT molecular complexity index is 1050. The van der Waals surface area contributed by atoms with Gasteiger partial charge in [-0.15, -0.1) is 11.3 Å². The molecule has 1 atom stereocenters. The van der Waals surface area contributed by atoms with E-state index in [1.165, 1.54) is 23.6 Å². The van der Waals surface area contributed by atoms with Crippen molar-refractivity contribution in [2.24, 2.45) is 10.9 Å². The number of anilines is 1. The van der Waals surface area contributed by atoms with Crippen LogP contribution in [-0.2, 0) is 27.3 Å². The molecular formula is C20H18N4O5S. The Balaban J connectivity index is 1.22. The van der Waals surface area contributed by atoms with Gasteiger partial charge in [0, 0.05) is 24.6 Å². The molecule has 30 heavy (non-hydrogen) atoms. The standard InChI is InChI=1S/C20H18N4O5S/c25-17(22-9-12-3-5-15-16(8-12)29-11-28-15)6-4-13-10-30-20(23-13)24-19(27)14-2-1-7-21-18(14)26/h1-3,5,7-8,10,14H,4,6,9,11H2,(H,22,25)(H,23,24,27). The number of allylic oxidation sites excluding steroid dienone is 1. The zero-order valence-electron chi connectivity index (χ0n) is 15.8. The molecule has 154 valence electrons. The zero-order valence-corrected chi connectivity index (χ0v) is 16.6. The monoisotopic (exact) mass is 426 g/mol. The number of hydrogen-bond acceptors (Lipinski definition) is 7. The molecule has 0 saturated carbocycles. The van der Waals surface area contributed by atoms with Crippen molar-refractivity contribution in [3.8, 4) is 11.5 Å². The second-order valence-corrected chi connectivity index (χ2v) is 7.43. The number of hydrogen-bond donors (Lipinski definition) is 2. The number of nitrogens with zero attached hydrogens (tertiary/aromatic N) is 2. The molecule has 1 unspecified atom stereocenters. The first kappa shape index (κ1) is 19.8. The van der Waals surface area contributed by atoms with Gasteiger partial charge < -0.3 is 20.1 Å². The Labute approximate surface area is 175 Å². The molecule has 4 rings (SSSR count). The molecule has 10 heteroatoms. The number of fused-ring (bicyclic) bond motifs is 1. The lowest BCUT2D eigenvalue weighted by Gasteiger charge is -2.09. The highest BCUT2D eigenvalue weighted by Gasteiger charge is 2.25. The second kappa shape index (κ2) is 8.87. The fraction of sp³-hybridized carbons (Fsp3) is 0.250. The van der Waals surface area contributed by atoms with Crippen molar-refractivity contribution in [2.75, 3.05) is 12.1 Å². The van der Waals surface area contributed by atoms with Crippen LogP contribution >= 0.6 is 11.3 Å². The van der Waals surface area contributed by atoms with E-state index in [1.807, 2.05) is 18.2 Å². The van der Waals surface area contributed by atoms with E-state index in [0.29, 0.717) is 35.3 Å². The largest absolute Gasteiger partial charge is 0.454 e. The van der Waals surface area contributed by atoms with Crippen LogP contribution in [0, 0.1) is 5.92 Å². The summed E-state index contributed by atoms with van der Waals surface area (Å²) in [5, 5.41) is 7.63. The highest BCUT2D eigenvalue weighted by molar-refractivity contribution is 7.13. The number of benzene rings is 1. The maximum absolute atomic E-state index is 12.2. The highest BCUT2D eigenvalue weighted by Crippen LogP contribution is 2.32. The van der Waals surface area contributed by atoms with E-state index in [4.69, 9.17) is 9.47 Å². The van der Waals surface area contributed by atoms with Crippen LogP contribution in [-0.4, -0.2) is 35.7 Å². The van der Waals surface area contributed by atoms with Gasteiger partial charge in [-0.1, -0.05) is 12.1 Å².